The average molecular weight is 361 g/mol. The molecule has 1 aliphatic rings. The lowest BCUT2D eigenvalue weighted by Crippen LogP contribution is -2.34. The van der Waals surface area contributed by atoms with Gasteiger partial charge in [-0.15, -0.1) is 0 Å². The number of H-pyrrole nitrogens is 1. The highest BCUT2D eigenvalue weighted by molar-refractivity contribution is 7.89. The van der Waals surface area contributed by atoms with E-state index in [1.807, 2.05) is 6.92 Å². The van der Waals surface area contributed by atoms with Crippen LogP contribution in [-0.4, -0.2) is 19.3 Å². The molecule has 0 aliphatic heterocycles. The molecule has 8 heteroatoms. The summed E-state index contributed by atoms with van der Waals surface area (Å²) < 4.78 is 27.9. The van der Waals surface area contributed by atoms with Gasteiger partial charge in [0.05, 0.1) is 4.90 Å². The van der Waals surface area contributed by atoms with Crippen LogP contribution >= 0.6 is 0 Å². The Bertz CT molecular complexity index is 978. The Balaban J connectivity index is 1.98. The molecule has 1 amide bonds. The van der Waals surface area contributed by atoms with Crippen LogP contribution in [0.25, 0.3) is 0 Å². The molecular formula is C17H19N3O4S. The molecule has 0 fully saturated rings. The van der Waals surface area contributed by atoms with Crippen LogP contribution in [0.3, 0.4) is 0 Å². The van der Waals surface area contributed by atoms with Crippen LogP contribution in [0.15, 0.2) is 40.0 Å². The number of fused-ring (bicyclic) bond motifs is 1. The highest BCUT2D eigenvalue weighted by Crippen LogP contribution is 2.29. The van der Waals surface area contributed by atoms with Gasteiger partial charge < -0.3 is 10.7 Å². The Kier molecular flexibility index (Phi) is 4.49. The number of carbonyl (C=O) groups excluding carboxylic acids is 1. The molecule has 4 N–H and O–H groups in total. The van der Waals surface area contributed by atoms with Crippen LogP contribution in [0.1, 0.15) is 46.1 Å². The van der Waals surface area contributed by atoms with Crippen LogP contribution in [0.5, 0.6) is 0 Å². The maximum Gasteiger partial charge on any atom is 0.261 e. The first-order valence-corrected chi connectivity index (χ1v) is 9.41. The van der Waals surface area contributed by atoms with Crippen LogP contribution in [0, 0.1) is 6.92 Å². The summed E-state index contributed by atoms with van der Waals surface area (Å²) in [5.41, 5.74) is 6.71. The summed E-state index contributed by atoms with van der Waals surface area (Å²) in [5.74, 6) is -0.838. The van der Waals surface area contributed by atoms with Gasteiger partial charge in [0.15, 0.2) is 0 Å². The molecule has 0 saturated heterocycles. The molecule has 7 nitrogen and oxygen atoms in total. The number of aryl methyl sites for hydroxylation is 2. The van der Waals surface area contributed by atoms with E-state index in [2.05, 4.69) is 9.71 Å². The first kappa shape index (κ1) is 17.4. The van der Waals surface area contributed by atoms with Gasteiger partial charge in [0, 0.05) is 11.7 Å². The van der Waals surface area contributed by atoms with E-state index < -0.39 is 27.5 Å². The minimum atomic E-state index is -3.72. The molecule has 1 aromatic carbocycles. The van der Waals surface area contributed by atoms with Crippen molar-refractivity contribution in [3.8, 4) is 0 Å². The first-order chi connectivity index (χ1) is 11.8. The largest absolute Gasteiger partial charge is 0.365 e. The van der Waals surface area contributed by atoms with Crippen molar-refractivity contribution in [1.29, 1.82) is 0 Å². The van der Waals surface area contributed by atoms with Crippen molar-refractivity contribution in [2.24, 2.45) is 5.73 Å². The predicted octanol–water partition coefficient (Wildman–Crippen LogP) is 1.14. The molecule has 2 aromatic rings. The molecule has 1 heterocycles. The number of hydrogen-bond acceptors (Lipinski definition) is 4. The fraction of sp³-hybridized carbons (Fsp3) is 0.294. The van der Waals surface area contributed by atoms with Gasteiger partial charge >= 0.3 is 0 Å². The molecule has 3 rings (SSSR count). The lowest BCUT2D eigenvalue weighted by atomic mass is 9.91. The summed E-state index contributed by atoms with van der Waals surface area (Å²) in [5, 5.41) is 0. The molecule has 25 heavy (non-hydrogen) atoms. The van der Waals surface area contributed by atoms with Gasteiger partial charge in [-0.05, 0) is 49.9 Å². The Hall–Kier alpha value is -2.45. The third kappa shape index (κ3) is 3.49. The molecule has 0 spiro atoms. The number of amides is 1. The predicted molar refractivity (Wildman–Crippen MR) is 92.8 cm³/mol. The smallest absolute Gasteiger partial charge is 0.261 e. The first-order valence-electron chi connectivity index (χ1n) is 7.93. The molecule has 1 unspecified atom stereocenters. The summed E-state index contributed by atoms with van der Waals surface area (Å²) in [4.78, 5) is 26.1. The lowest BCUT2D eigenvalue weighted by molar-refractivity contribution is 0.0998. The number of hydrogen-bond donors (Lipinski definition) is 3. The summed E-state index contributed by atoms with van der Waals surface area (Å²) >= 11 is 0. The number of primary amides is 1. The second-order valence-corrected chi connectivity index (χ2v) is 7.90. The third-order valence-electron chi connectivity index (χ3n) is 4.35. The molecule has 1 aromatic heterocycles. The van der Waals surface area contributed by atoms with Crippen molar-refractivity contribution in [2.45, 2.75) is 37.1 Å². The van der Waals surface area contributed by atoms with Crippen molar-refractivity contribution < 1.29 is 13.2 Å². The number of benzene rings is 1. The number of aromatic nitrogens is 1. The van der Waals surface area contributed by atoms with E-state index in [0.717, 1.165) is 12.0 Å². The maximum atomic E-state index is 12.6. The number of pyridine rings is 1. The quantitative estimate of drug-likeness (QED) is 0.756. The number of aromatic amines is 1. The molecule has 0 bridgehead atoms. The van der Waals surface area contributed by atoms with Gasteiger partial charge in [-0.1, -0.05) is 17.7 Å². The SMILES string of the molecule is Cc1ccc(S(=O)(=O)NC2CCCc3[nH]c(=O)c(C(N)=O)cc32)cc1. The summed E-state index contributed by atoms with van der Waals surface area (Å²) in [7, 11) is -3.72. The van der Waals surface area contributed by atoms with Crippen molar-refractivity contribution in [3.05, 3.63) is 63.1 Å². The highest BCUT2D eigenvalue weighted by atomic mass is 32.2. The standard InChI is InChI=1S/C17H19N3O4S/c1-10-5-7-11(8-6-10)25(23,24)20-15-4-2-3-14-12(15)9-13(16(18)21)17(22)19-14/h5-9,15,20H,2-4H2,1H3,(H2,18,21)(H,19,22). The van der Waals surface area contributed by atoms with E-state index in [1.54, 1.807) is 24.3 Å². The van der Waals surface area contributed by atoms with Gasteiger partial charge in [0.25, 0.3) is 11.5 Å². The highest BCUT2D eigenvalue weighted by Gasteiger charge is 2.27. The number of rotatable bonds is 4. The Morgan fingerprint density at radius 3 is 2.60 bits per heavy atom. The monoisotopic (exact) mass is 361 g/mol. The minimum Gasteiger partial charge on any atom is -0.365 e. The van der Waals surface area contributed by atoms with Gasteiger partial charge in [-0.25, -0.2) is 13.1 Å². The van der Waals surface area contributed by atoms with Crippen molar-refractivity contribution in [1.82, 2.24) is 9.71 Å². The van der Waals surface area contributed by atoms with E-state index in [-0.39, 0.29) is 10.5 Å². The Morgan fingerprint density at radius 2 is 1.96 bits per heavy atom. The van der Waals surface area contributed by atoms with Gasteiger partial charge in [-0.3, -0.25) is 9.59 Å². The van der Waals surface area contributed by atoms with Crippen molar-refractivity contribution >= 4 is 15.9 Å². The normalized spacial score (nSPS) is 17.1. The topological polar surface area (TPSA) is 122 Å². The number of carbonyl (C=O) groups is 1. The zero-order valence-electron chi connectivity index (χ0n) is 13.7. The van der Waals surface area contributed by atoms with E-state index in [4.69, 9.17) is 5.73 Å². The fourth-order valence-corrected chi connectivity index (χ4v) is 4.27. The maximum absolute atomic E-state index is 12.6. The zero-order chi connectivity index (χ0) is 18.2. The third-order valence-corrected chi connectivity index (χ3v) is 5.83. The van der Waals surface area contributed by atoms with Crippen LogP contribution < -0.4 is 16.0 Å². The Morgan fingerprint density at radius 1 is 1.28 bits per heavy atom. The second kappa shape index (κ2) is 6.45. The zero-order valence-corrected chi connectivity index (χ0v) is 14.5. The molecule has 0 saturated carbocycles. The second-order valence-electron chi connectivity index (χ2n) is 6.19. The number of nitrogens with one attached hydrogen (secondary N) is 2. The van der Waals surface area contributed by atoms with Gasteiger partial charge in [-0.2, -0.15) is 0 Å². The van der Waals surface area contributed by atoms with Gasteiger partial charge in [0.1, 0.15) is 5.56 Å². The average Bonchev–Trinajstić information content (AvgIpc) is 2.54. The van der Waals surface area contributed by atoms with E-state index in [0.29, 0.717) is 24.1 Å². The van der Waals surface area contributed by atoms with Crippen LogP contribution in [-0.2, 0) is 16.4 Å². The summed E-state index contributed by atoms with van der Waals surface area (Å²) in [6.07, 6.45) is 1.91. The van der Waals surface area contributed by atoms with Crippen LogP contribution in [0.4, 0.5) is 0 Å². The lowest BCUT2D eigenvalue weighted by Gasteiger charge is -2.26. The van der Waals surface area contributed by atoms with Crippen molar-refractivity contribution in [2.75, 3.05) is 0 Å². The summed E-state index contributed by atoms with van der Waals surface area (Å²) in [6, 6.07) is 7.42. The molecule has 132 valence electrons. The number of nitrogens with two attached hydrogens (primary N) is 1. The fourth-order valence-electron chi connectivity index (χ4n) is 3.02. The van der Waals surface area contributed by atoms with Crippen LogP contribution in [0.2, 0.25) is 0 Å². The molecule has 0 radical (unpaired) electrons. The van der Waals surface area contributed by atoms with E-state index in [9.17, 15) is 18.0 Å². The minimum absolute atomic E-state index is 0.166. The van der Waals surface area contributed by atoms with Gasteiger partial charge in [0.2, 0.25) is 10.0 Å². The molecular weight excluding hydrogens is 342 g/mol. The summed E-state index contributed by atoms with van der Waals surface area (Å²) in [6.45, 7) is 1.88. The molecule has 1 aliphatic carbocycles. The number of sulfonamides is 1. The van der Waals surface area contributed by atoms with E-state index >= 15 is 0 Å². The van der Waals surface area contributed by atoms with E-state index in [1.165, 1.54) is 6.07 Å². The van der Waals surface area contributed by atoms with Crippen molar-refractivity contribution in [3.63, 3.8) is 0 Å². The molecule has 1 atom stereocenters. The Labute approximate surface area is 145 Å².